The van der Waals surface area contributed by atoms with Gasteiger partial charge < -0.3 is 10.2 Å². The molecule has 0 spiro atoms. The molecule has 1 N–H and O–H groups in total. The first kappa shape index (κ1) is 17.1. The summed E-state index contributed by atoms with van der Waals surface area (Å²) in [7, 11) is 0. The van der Waals surface area contributed by atoms with Crippen molar-refractivity contribution in [3.63, 3.8) is 0 Å². The standard InChI is InChI=1S/C19H21N3O3/c1-14-8-9-15(11-18(14)22(24)25)12-20-13-19(23)21-10-4-6-16-5-2-3-7-17(16)21/h2-3,5,7-9,11,20H,4,6,10,12-13H2,1H3. The summed E-state index contributed by atoms with van der Waals surface area (Å²) in [6, 6.07) is 13.1. The molecule has 0 saturated heterocycles. The molecule has 1 aliphatic rings. The summed E-state index contributed by atoms with van der Waals surface area (Å²) in [4.78, 5) is 25.0. The van der Waals surface area contributed by atoms with E-state index in [1.165, 1.54) is 5.56 Å². The van der Waals surface area contributed by atoms with Gasteiger partial charge in [0.2, 0.25) is 5.91 Å². The maximum atomic E-state index is 12.5. The average molecular weight is 339 g/mol. The molecule has 2 aromatic carbocycles. The molecule has 0 atom stereocenters. The fraction of sp³-hybridized carbons (Fsp3) is 0.316. The van der Waals surface area contributed by atoms with E-state index >= 15 is 0 Å². The van der Waals surface area contributed by atoms with Gasteiger partial charge in [-0.15, -0.1) is 0 Å². The molecule has 1 heterocycles. The van der Waals surface area contributed by atoms with Gasteiger partial charge in [-0.05, 0) is 37.0 Å². The Balaban J connectivity index is 1.61. The van der Waals surface area contributed by atoms with Crippen LogP contribution in [0.1, 0.15) is 23.1 Å². The average Bonchev–Trinajstić information content (AvgIpc) is 2.62. The quantitative estimate of drug-likeness (QED) is 0.671. The zero-order chi connectivity index (χ0) is 17.8. The highest BCUT2D eigenvalue weighted by atomic mass is 16.6. The normalized spacial score (nSPS) is 13.4. The lowest BCUT2D eigenvalue weighted by molar-refractivity contribution is -0.385. The Labute approximate surface area is 146 Å². The molecule has 0 bridgehead atoms. The Kier molecular flexibility index (Phi) is 5.09. The third-order valence-corrected chi connectivity index (χ3v) is 4.49. The van der Waals surface area contributed by atoms with Gasteiger partial charge in [0.25, 0.3) is 5.69 Å². The molecule has 3 rings (SSSR count). The fourth-order valence-electron chi connectivity index (χ4n) is 3.16. The van der Waals surface area contributed by atoms with Gasteiger partial charge in [-0.2, -0.15) is 0 Å². The highest BCUT2D eigenvalue weighted by Gasteiger charge is 2.21. The lowest BCUT2D eigenvalue weighted by Crippen LogP contribution is -2.41. The minimum Gasteiger partial charge on any atom is -0.311 e. The summed E-state index contributed by atoms with van der Waals surface area (Å²) in [5.74, 6) is 0.0220. The predicted molar refractivity (Wildman–Crippen MR) is 96.7 cm³/mol. The molecule has 0 saturated carbocycles. The summed E-state index contributed by atoms with van der Waals surface area (Å²) in [5, 5.41) is 14.1. The van der Waals surface area contributed by atoms with Crippen LogP contribution < -0.4 is 10.2 Å². The smallest absolute Gasteiger partial charge is 0.272 e. The summed E-state index contributed by atoms with van der Waals surface area (Å²) >= 11 is 0. The van der Waals surface area contributed by atoms with Crippen molar-refractivity contribution in [2.24, 2.45) is 0 Å². The van der Waals surface area contributed by atoms with Crippen LogP contribution in [0.5, 0.6) is 0 Å². The number of nitro groups is 1. The number of nitro benzene ring substituents is 1. The number of nitrogens with one attached hydrogen (secondary N) is 1. The number of rotatable bonds is 5. The summed E-state index contributed by atoms with van der Waals surface area (Å²) in [6.07, 6.45) is 1.97. The van der Waals surface area contributed by atoms with Gasteiger partial charge in [0.15, 0.2) is 0 Å². The number of anilines is 1. The van der Waals surface area contributed by atoms with Gasteiger partial charge >= 0.3 is 0 Å². The first-order valence-corrected chi connectivity index (χ1v) is 8.39. The number of amides is 1. The van der Waals surface area contributed by atoms with Crippen molar-refractivity contribution in [3.05, 3.63) is 69.3 Å². The number of hydrogen-bond acceptors (Lipinski definition) is 4. The van der Waals surface area contributed by atoms with Gasteiger partial charge in [0, 0.05) is 30.4 Å². The second kappa shape index (κ2) is 7.44. The number of benzene rings is 2. The third-order valence-electron chi connectivity index (χ3n) is 4.49. The molecule has 6 heteroatoms. The van der Waals surface area contributed by atoms with E-state index in [4.69, 9.17) is 0 Å². The van der Waals surface area contributed by atoms with E-state index < -0.39 is 0 Å². The second-order valence-corrected chi connectivity index (χ2v) is 6.26. The number of para-hydroxylation sites is 1. The Morgan fingerprint density at radius 2 is 2.08 bits per heavy atom. The van der Waals surface area contributed by atoms with Crippen LogP contribution in [0.4, 0.5) is 11.4 Å². The van der Waals surface area contributed by atoms with Crippen molar-refractivity contribution in [1.82, 2.24) is 5.32 Å². The van der Waals surface area contributed by atoms with Crippen LogP contribution in [0.15, 0.2) is 42.5 Å². The van der Waals surface area contributed by atoms with Gasteiger partial charge in [-0.1, -0.05) is 30.3 Å². The molecule has 1 aliphatic heterocycles. The monoisotopic (exact) mass is 339 g/mol. The SMILES string of the molecule is Cc1ccc(CNCC(=O)N2CCCc3ccccc32)cc1[N+](=O)[O-]. The molecule has 0 aromatic heterocycles. The highest BCUT2D eigenvalue weighted by Crippen LogP contribution is 2.26. The number of carbonyl (C=O) groups is 1. The van der Waals surface area contributed by atoms with Gasteiger partial charge in [0.1, 0.15) is 0 Å². The lowest BCUT2D eigenvalue weighted by atomic mass is 10.0. The molecule has 0 fully saturated rings. The molecular formula is C19H21N3O3. The molecule has 25 heavy (non-hydrogen) atoms. The van der Waals surface area contributed by atoms with Crippen molar-refractivity contribution in [2.75, 3.05) is 18.0 Å². The molecule has 0 radical (unpaired) electrons. The molecule has 0 unspecified atom stereocenters. The van der Waals surface area contributed by atoms with Gasteiger partial charge in [0.05, 0.1) is 11.5 Å². The molecule has 130 valence electrons. The fourth-order valence-corrected chi connectivity index (χ4v) is 3.16. The Bertz CT molecular complexity index is 804. The van der Waals surface area contributed by atoms with Gasteiger partial charge in [-0.25, -0.2) is 0 Å². The van der Waals surface area contributed by atoms with E-state index in [2.05, 4.69) is 11.4 Å². The van der Waals surface area contributed by atoms with Crippen LogP contribution in [0.3, 0.4) is 0 Å². The molecular weight excluding hydrogens is 318 g/mol. The zero-order valence-electron chi connectivity index (χ0n) is 14.2. The van der Waals surface area contributed by atoms with E-state index in [1.54, 1.807) is 19.1 Å². The lowest BCUT2D eigenvalue weighted by Gasteiger charge is -2.29. The third kappa shape index (κ3) is 3.85. The van der Waals surface area contributed by atoms with Crippen LogP contribution in [0.2, 0.25) is 0 Å². The van der Waals surface area contributed by atoms with Crippen molar-refractivity contribution >= 4 is 17.3 Å². The largest absolute Gasteiger partial charge is 0.311 e. The molecule has 1 amide bonds. The van der Waals surface area contributed by atoms with Crippen molar-refractivity contribution in [1.29, 1.82) is 0 Å². The second-order valence-electron chi connectivity index (χ2n) is 6.26. The maximum absolute atomic E-state index is 12.5. The topological polar surface area (TPSA) is 75.5 Å². The molecule has 2 aromatic rings. The predicted octanol–water partition coefficient (Wildman–Crippen LogP) is 2.97. The summed E-state index contributed by atoms with van der Waals surface area (Å²) < 4.78 is 0. The van der Waals surface area contributed by atoms with Crippen LogP contribution in [-0.4, -0.2) is 23.9 Å². The number of nitrogens with zero attached hydrogens (tertiary/aromatic N) is 2. The molecule has 6 nitrogen and oxygen atoms in total. The van der Waals surface area contributed by atoms with Crippen LogP contribution >= 0.6 is 0 Å². The van der Waals surface area contributed by atoms with Gasteiger partial charge in [-0.3, -0.25) is 14.9 Å². The zero-order valence-corrected chi connectivity index (χ0v) is 14.2. The first-order chi connectivity index (χ1) is 12.1. The number of aryl methyl sites for hydroxylation is 2. The highest BCUT2D eigenvalue weighted by molar-refractivity contribution is 5.95. The number of carbonyl (C=O) groups excluding carboxylic acids is 1. The summed E-state index contributed by atoms with van der Waals surface area (Å²) in [5.41, 5.74) is 3.73. The number of fused-ring (bicyclic) bond motifs is 1. The van der Waals surface area contributed by atoms with Crippen LogP contribution in [0, 0.1) is 17.0 Å². The van der Waals surface area contributed by atoms with E-state index in [0.29, 0.717) is 12.1 Å². The van der Waals surface area contributed by atoms with E-state index in [1.807, 2.05) is 29.2 Å². The van der Waals surface area contributed by atoms with E-state index in [0.717, 1.165) is 30.6 Å². The van der Waals surface area contributed by atoms with Crippen molar-refractivity contribution in [2.45, 2.75) is 26.3 Å². The maximum Gasteiger partial charge on any atom is 0.272 e. The minimum absolute atomic E-state index is 0.0220. The van der Waals surface area contributed by atoms with Crippen LogP contribution in [0.25, 0.3) is 0 Å². The first-order valence-electron chi connectivity index (χ1n) is 8.39. The van der Waals surface area contributed by atoms with E-state index in [9.17, 15) is 14.9 Å². The Morgan fingerprint density at radius 1 is 1.28 bits per heavy atom. The van der Waals surface area contributed by atoms with Crippen molar-refractivity contribution in [3.8, 4) is 0 Å². The Hall–Kier alpha value is -2.73. The van der Waals surface area contributed by atoms with Crippen LogP contribution in [-0.2, 0) is 17.8 Å². The molecule has 0 aliphatic carbocycles. The summed E-state index contributed by atoms with van der Waals surface area (Å²) in [6.45, 7) is 3.07. The van der Waals surface area contributed by atoms with Crippen molar-refractivity contribution < 1.29 is 9.72 Å². The minimum atomic E-state index is -0.380. The Morgan fingerprint density at radius 3 is 2.88 bits per heavy atom. The van der Waals surface area contributed by atoms with E-state index in [-0.39, 0.29) is 23.1 Å². The number of hydrogen-bond donors (Lipinski definition) is 1.